The van der Waals surface area contributed by atoms with Gasteiger partial charge in [-0.3, -0.25) is 0 Å². The van der Waals surface area contributed by atoms with Gasteiger partial charge in [0, 0.05) is 10.7 Å². The van der Waals surface area contributed by atoms with Gasteiger partial charge in [0.2, 0.25) is 0 Å². The van der Waals surface area contributed by atoms with Crippen molar-refractivity contribution in [2.45, 2.75) is 0 Å². The molecule has 0 amide bonds. The summed E-state index contributed by atoms with van der Waals surface area (Å²) in [4.78, 5) is 10.6. The fourth-order valence-corrected chi connectivity index (χ4v) is 1.57. The van der Waals surface area contributed by atoms with Crippen LogP contribution in [0.5, 0.6) is 0 Å². The largest absolute Gasteiger partial charge is 0.478 e. The van der Waals surface area contributed by atoms with Crippen molar-refractivity contribution in [1.82, 2.24) is 9.78 Å². The molecule has 0 bridgehead atoms. The second-order valence-corrected chi connectivity index (χ2v) is 3.99. The van der Waals surface area contributed by atoms with Gasteiger partial charge in [0.1, 0.15) is 11.5 Å². The van der Waals surface area contributed by atoms with Gasteiger partial charge in [-0.05, 0) is 18.2 Å². The maximum Gasteiger partial charge on any atom is 0.338 e. The van der Waals surface area contributed by atoms with Gasteiger partial charge in [-0.25, -0.2) is 13.9 Å². The molecule has 0 aliphatic carbocycles. The van der Waals surface area contributed by atoms with Crippen LogP contribution >= 0.6 is 15.9 Å². The Bertz CT molecular complexity index is 554. The van der Waals surface area contributed by atoms with Crippen LogP contribution in [-0.2, 0) is 0 Å². The summed E-state index contributed by atoms with van der Waals surface area (Å²) >= 11 is 3.13. The third-order valence-electron chi connectivity index (χ3n) is 1.99. The Hall–Kier alpha value is -1.69. The van der Waals surface area contributed by atoms with Gasteiger partial charge in [-0.2, -0.15) is 5.10 Å². The quantitative estimate of drug-likeness (QED) is 0.922. The van der Waals surface area contributed by atoms with Gasteiger partial charge in [-0.1, -0.05) is 15.9 Å². The molecule has 0 aliphatic heterocycles. The third-order valence-corrected chi connectivity index (χ3v) is 2.48. The summed E-state index contributed by atoms with van der Waals surface area (Å²) in [6.07, 6.45) is 2.43. The molecule has 4 nitrogen and oxygen atoms in total. The lowest BCUT2D eigenvalue weighted by Gasteiger charge is -2.02. The second-order valence-electron chi connectivity index (χ2n) is 3.07. The summed E-state index contributed by atoms with van der Waals surface area (Å²) in [5.74, 6) is -1.57. The van der Waals surface area contributed by atoms with Crippen molar-refractivity contribution in [2.24, 2.45) is 0 Å². The summed E-state index contributed by atoms with van der Waals surface area (Å²) in [6, 6.07) is 4.45. The first kappa shape index (κ1) is 10.8. The number of hydrogen-bond donors (Lipinski definition) is 1. The van der Waals surface area contributed by atoms with Gasteiger partial charge in [0.05, 0.1) is 11.8 Å². The molecule has 1 aromatic carbocycles. The monoisotopic (exact) mass is 284 g/mol. The number of nitrogens with zero attached hydrogens (tertiary/aromatic N) is 2. The van der Waals surface area contributed by atoms with Gasteiger partial charge in [0.25, 0.3) is 0 Å². The minimum atomic E-state index is -1.09. The first-order valence-electron chi connectivity index (χ1n) is 4.31. The molecule has 0 aliphatic rings. The summed E-state index contributed by atoms with van der Waals surface area (Å²) in [5.41, 5.74) is 0.220. The van der Waals surface area contributed by atoms with E-state index in [1.807, 2.05) is 0 Å². The number of benzene rings is 1. The zero-order chi connectivity index (χ0) is 11.7. The van der Waals surface area contributed by atoms with Crippen LogP contribution < -0.4 is 0 Å². The summed E-state index contributed by atoms with van der Waals surface area (Å²) in [5, 5.41) is 12.5. The number of carboxylic acid groups (broad SMARTS) is 1. The molecule has 1 N–H and O–H groups in total. The van der Waals surface area contributed by atoms with Crippen molar-refractivity contribution < 1.29 is 14.3 Å². The van der Waals surface area contributed by atoms with E-state index in [0.29, 0.717) is 4.47 Å². The minimum Gasteiger partial charge on any atom is -0.478 e. The van der Waals surface area contributed by atoms with E-state index in [-0.39, 0.29) is 11.3 Å². The van der Waals surface area contributed by atoms with Crippen LogP contribution in [0, 0.1) is 5.82 Å². The minimum absolute atomic E-state index is 0.0160. The fourth-order valence-electron chi connectivity index (χ4n) is 1.23. The van der Waals surface area contributed by atoms with Crippen LogP contribution in [-0.4, -0.2) is 20.9 Å². The third kappa shape index (κ3) is 1.96. The highest BCUT2D eigenvalue weighted by molar-refractivity contribution is 9.10. The molecule has 0 radical (unpaired) electrons. The van der Waals surface area contributed by atoms with Crippen LogP contribution in [0.3, 0.4) is 0 Å². The lowest BCUT2D eigenvalue weighted by Crippen LogP contribution is -1.98. The molecule has 0 spiro atoms. The number of aromatic carboxylic acids is 1. The van der Waals surface area contributed by atoms with E-state index >= 15 is 0 Å². The summed E-state index contributed by atoms with van der Waals surface area (Å²) in [7, 11) is 0. The molecule has 0 saturated carbocycles. The van der Waals surface area contributed by atoms with E-state index in [4.69, 9.17) is 5.11 Å². The highest BCUT2D eigenvalue weighted by atomic mass is 79.9. The lowest BCUT2D eigenvalue weighted by atomic mass is 10.3. The molecule has 16 heavy (non-hydrogen) atoms. The Balaban J connectivity index is 2.46. The van der Waals surface area contributed by atoms with Crippen LogP contribution in [0.1, 0.15) is 10.4 Å². The average molecular weight is 285 g/mol. The molecule has 0 saturated heterocycles. The Morgan fingerprint density at radius 2 is 2.25 bits per heavy atom. The first-order valence-corrected chi connectivity index (χ1v) is 5.10. The highest BCUT2D eigenvalue weighted by Crippen LogP contribution is 2.18. The lowest BCUT2D eigenvalue weighted by molar-refractivity contribution is 0.0697. The standard InChI is InChI=1S/C10H6BrFN2O2/c11-7-1-2-9(8(12)3-7)14-5-6(4-13-14)10(15)16/h1-5H,(H,15,16). The van der Waals surface area contributed by atoms with E-state index in [9.17, 15) is 9.18 Å². The molecule has 2 rings (SSSR count). The molecule has 0 fully saturated rings. The SMILES string of the molecule is O=C(O)c1cnn(-c2ccc(Br)cc2F)c1. The molecule has 1 heterocycles. The van der Waals surface area contributed by atoms with E-state index < -0.39 is 11.8 Å². The smallest absolute Gasteiger partial charge is 0.338 e. The van der Waals surface area contributed by atoms with Crippen molar-refractivity contribution in [3.05, 3.63) is 46.4 Å². The number of halogens is 2. The Labute approximate surface area is 98.4 Å². The maximum absolute atomic E-state index is 13.5. The van der Waals surface area contributed by atoms with Crippen molar-refractivity contribution in [1.29, 1.82) is 0 Å². The Kier molecular flexibility index (Phi) is 2.74. The molecule has 0 atom stereocenters. The Morgan fingerprint density at radius 1 is 1.50 bits per heavy atom. The highest BCUT2D eigenvalue weighted by Gasteiger charge is 2.10. The molecule has 6 heteroatoms. The topological polar surface area (TPSA) is 55.1 Å². The normalized spacial score (nSPS) is 10.4. The Morgan fingerprint density at radius 3 is 2.81 bits per heavy atom. The van der Waals surface area contributed by atoms with Crippen molar-refractivity contribution in [3.8, 4) is 5.69 Å². The van der Waals surface area contributed by atoms with Crippen LogP contribution in [0.2, 0.25) is 0 Å². The number of rotatable bonds is 2. The summed E-state index contributed by atoms with van der Waals surface area (Å²) < 4.78 is 15.3. The van der Waals surface area contributed by atoms with E-state index in [1.165, 1.54) is 29.2 Å². The van der Waals surface area contributed by atoms with Crippen molar-refractivity contribution in [2.75, 3.05) is 0 Å². The average Bonchev–Trinajstić information content (AvgIpc) is 2.66. The molecule has 1 aromatic heterocycles. The molecule has 0 unspecified atom stereocenters. The predicted octanol–water partition coefficient (Wildman–Crippen LogP) is 2.47. The molecule has 82 valence electrons. The van der Waals surface area contributed by atoms with Gasteiger partial charge in [-0.15, -0.1) is 0 Å². The molecule has 2 aromatic rings. The van der Waals surface area contributed by atoms with Gasteiger partial charge in [0.15, 0.2) is 0 Å². The van der Waals surface area contributed by atoms with Gasteiger partial charge < -0.3 is 5.11 Å². The zero-order valence-electron chi connectivity index (χ0n) is 7.89. The number of aromatic nitrogens is 2. The second kappa shape index (κ2) is 4.05. The molecular formula is C10H6BrFN2O2. The van der Waals surface area contributed by atoms with E-state index in [2.05, 4.69) is 21.0 Å². The zero-order valence-corrected chi connectivity index (χ0v) is 9.48. The van der Waals surface area contributed by atoms with Crippen LogP contribution in [0.4, 0.5) is 4.39 Å². The predicted molar refractivity (Wildman–Crippen MR) is 58.2 cm³/mol. The van der Waals surface area contributed by atoms with E-state index in [0.717, 1.165) is 0 Å². The summed E-state index contributed by atoms with van der Waals surface area (Å²) in [6.45, 7) is 0. The van der Waals surface area contributed by atoms with Gasteiger partial charge >= 0.3 is 5.97 Å². The van der Waals surface area contributed by atoms with Crippen LogP contribution in [0.15, 0.2) is 35.1 Å². The number of carboxylic acids is 1. The van der Waals surface area contributed by atoms with Crippen molar-refractivity contribution in [3.63, 3.8) is 0 Å². The maximum atomic E-state index is 13.5. The number of carbonyl (C=O) groups is 1. The van der Waals surface area contributed by atoms with E-state index in [1.54, 1.807) is 6.07 Å². The molecular weight excluding hydrogens is 279 g/mol. The number of hydrogen-bond acceptors (Lipinski definition) is 2. The van der Waals surface area contributed by atoms with Crippen LogP contribution in [0.25, 0.3) is 5.69 Å². The van der Waals surface area contributed by atoms with Crippen molar-refractivity contribution >= 4 is 21.9 Å². The first-order chi connectivity index (χ1) is 7.58. The fraction of sp³-hybridized carbons (Fsp3) is 0.